The Balaban J connectivity index is 3.45. The van der Waals surface area contributed by atoms with Gasteiger partial charge in [-0.1, -0.05) is 6.08 Å². The number of carbonyl (C=O) groups excluding carboxylic acids is 1. The monoisotopic (exact) mass is 200 g/mol. The van der Waals surface area contributed by atoms with Gasteiger partial charge >= 0.3 is 5.97 Å². The van der Waals surface area contributed by atoms with Crippen LogP contribution in [0.15, 0.2) is 12.2 Å². The van der Waals surface area contributed by atoms with Gasteiger partial charge in [-0.15, -0.1) is 0 Å². The molecule has 0 aliphatic rings. The summed E-state index contributed by atoms with van der Waals surface area (Å²) in [6, 6.07) is 0.124. The van der Waals surface area contributed by atoms with Gasteiger partial charge in [0.2, 0.25) is 5.91 Å². The third-order valence-corrected chi connectivity index (χ3v) is 1.26. The first-order chi connectivity index (χ1) is 6.52. The molecule has 0 heterocycles. The first-order valence-corrected chi connectivity index (χ1v) is 4.42. The van der Waals surface area contributed by atoms with Crippen molar-refractivity contribution in [2.75, 3.05) is 13.1 Å². The molecule has 0 aromatic rings. The summed E-state index contributed by atoms with van der Waals surface area (Å²) in [5, 5.41) is 13.7. The normalized spacial score (nSPS) is 10.8. The van der Waals surface area contributed by atoms with E-state index in [1.54, 1.807) is 0 Å². The summed E-state index contributed by atoms with van der Waals surface area (Å²) in [7, 11) is 0. The van der Waals surface area contributed by atoms with Crippen molar-refractivity contribution in [1.82, 2.24) is 10.6 Å². The number of hydrogen-bond acceptors (Lipinski definition) is 3. The summed E-state index contributed by atoms with van der Waals surface area (Å²) in [5.74, 6) is -1.08. The maximum Gasteiger partial charge on any atom is 0.328 e. The molecule has 14 heavy (non-hydrogen) atoms. The standard InChI is InChI=1S/C9H16N2O3/c1-7(2)11-8(12)6-10-5-3-4-9(13)14/h3-4,7,10H,5-6H2,1-2H3,(H,11,12)(H,13,14)/b4-3+. The number of carboxylic acids is 1. The van der Waals surface area contributed by atoms with Crippen molar-refractivity contribution in [3.63, 3.8) is 0 Å². The van der Waals surface area contributed by atoms with Gasteiger partial charge < -0.3 is 15.7 Å². The van der Waals surface area contributed by atoms with E-state index in [1.807, 2.05) is 13.8 Å². The lowest BCUT2D eigenvalue weighted by atomic mass is 10.4. The van der Waals surface area contributed by atoms with Crippen LogP contribution in [0.4, 0.5) is 0 Å². The predicted molar refractivity (Wildman–Crippen MR) is 52.9 cm³/mol. The summed E-state index contributed by atoms with van der Waals surface area (Å²) in [6.07, 6.45) is 2.48. The Hall–Kier alpha value is -1.36. The molecular formula is C9H16N2O3. The lowest BCUT2D eigenvalue weighted by Gasteiger charge is -2.07. The van der Waals surface area contributed by atoms with E-state index in [4.69, 9.17) is 5.11 Å². The van der Waals surface area contributed by atoms with Crippen molar-refractivity contribution in [2.24, 2.45) is 0 Å². The van der Waals surface area contributed by atoms with E-state index < -0.39 is 5.97 Å². The van der Waals surface area contributed by atoms with E-state index in [-0.39, 0.29) is 18.5 Å². The molecule has 5 nitrogen and oxygen atoms in total. The molecule has 0 aliphatic heterocycles. The minimum atomic E-state index is -0.988. The minimum absolute atomic E-state index is 0.0938. The first kappa shape index (κ1) is 12.6. The molecule has 0 atom stereocenters. The van der Waals surface area contributed by atoms with Gasteiger partial charge in [0, 0.05) is 18.7 Å². The van der Waals surface area contributed by atoms with Crippen molar-refractivity contribution < 1.29 is 14.7 Å². The minimum Gasteiger partial charge on any atom is -0.478 e. The third kappa shape index (κ3) is 8.73. The molecule has 0 radical (unpaired) electrons. The van der Waals surface area contributed by atoms with E-state index in [2.05, 4.69) is 10.6 Å². The molecular weight excluding hydrogens is 184 g/mol. The fourth-order valence-corrected chi connectivity index (χ4v) is 0.802. The van der Waals surface area contributed by atoms with Crippen LogP contribution in [-0.4, -0.2) is 36.1 Å². The average molecular weight is 200 g/mol. The Morgan fingerprint density at radius 1 is 1.43 bits per heavy atom. The highest BCUT2D eigenvalue weighted by Crippen LogP contribution is 1.76. The molecule has 0 bridgehead atoms. The number of hydrogen-bond donors (Lipinski definition) is 3. The Labute approximate surface area is 83.2 Å². The molecule has 0 spiro atoms. The van der Waals surface area contributed by atoms with Gasteiger partial charge in [-0.3, -0.25) is 4.79 Å². The van der Waals surface area contributed by atoms with E-state index >= 15 is 0 Å². The van der Waals surface area contributed by atoms with Crippen LogP contribution in [0.25, 0.3) is 0 Å². The molecule has 1 amide bonds. The Morgan fingerprint density at radius 2 is 2.07 bits per heavy atom. The topological polar surface area (TPSA) is 78.4 Å². The fourth-order valence-electron chi connectivity index (χ4n) is 0.802. The van der Waals surface area contributed by atoms with Gasteiger partial charge in [-0.25, -0.2) is 4.79 Å². The quantitative estimate of drug-likeness (QED) is 0.408. The highest BCUT2D eigenvalue weighted by atomic mass is 16.4. The molecule has 0 saturated heterocycles. The zero-order chi connectivity index (χ0) is 11.0. The van der Waals surface area contributed by atoms with Crippen LogP contribution in [0.5, 0.6) is 0 Å². The molecule has 0 aliphatic carbocycles. The van der Waals surface area contributed by atoms with Gasteiger partial charge in [0.1, 0.15) is 0 Å². The van der Waals surface area contributed by atoms with E-state index in [0.717, 1.165) is 6.08 Å². The van der Waals surface area contributed by atoms with Crippen LogP contribution in [0.2, 0.25) is 0 Å². The molecule has 0 unspecified atom stereocenters. The number of carboxylic acid groups (broad SMARTS) is 1. The number of rotatable bonds is 6. The number of carbonyl (C=O) groups is 2. The highest BCUT2D eigenvalue weighted by molar-refractivity contribution is 5.80. The van der Waals surface area contributed by atoms with Gasteiger partial charge in [-0.05, 0) is 13.8 Å². The zero-order valence-electron chi connectivity index (χ0n) is 8.41. The Morgan fingerprint density at radius 3 is 2.57 bits per heavy atom. The summed E-state index contributed by atoms with van der Waals surface area (Å²) < 4.78 is 0. The van der Waals surface area contributed by atoms with Crippen LogP contribution in [0, 0.1) is 0 Å². The third-order valence-electron chi connectivity index (χ3n) is 1.26. The van der Waals surface area contributed by atoms with Crippen LogP contribution >= 0.6 is 0 Å². The zero-order valence-corrected chi connectivity index (χ0v) is 8.41. The maximum atomic E-state index is 11.0. The Kier molecular flexibility index (Phi) is 6.39. The summed E-state index contributed by atoms with van der Waals surface area (Å²) in [4.78, 5) is 21.1. The van der Waals surface area contributed by atoms with Crippen molar-refractivity contribution in [1.29, 1.82) is 0 Å². The molecule has 3 N–H and O–H groups in total. The maximum absolute atomic E-state index is 11.0. The summed E-state index contributed by atoms with van der Waals surface area (Å²) in [5.41, 5.74) is 0. The van der Waals surface area contributed by atoms with E-state index in [1.165, 1.54) is 6.08 Å². The van der Waals surface area contributed by atoms with E-state index in [9.17, 15) is 9.59 Å². The molecule has 0 rings (SSSR count). The molecule has 0 saturated carbocycles. The lowest BCUT2D eigenvalue weighted by Crippen LogP contribution is -2.37. The van der Waals surface area contributed by atoms with E-state index in [0.29, 0.717) is 6.54 Å². The molecule has 0 aromatic heterocycles. The lowest BCUT2D eigenvalue weighted by molar-refractivity contribution is -0.131. The van der Waals surface area contributed by atoms with Gasteiger partial charge in [0.05, 0.1) is 6.54 Å². The highest BCUT2D eigenvalue weighted by Gasteiger charge is 2.00. The van der Waals surface area contributed by atoms with Crippen LogP contribution < -0.4 is 10.6 Å². The Bertz CT molecular complexity index is 224. The van der Waals surface area contributed by atoms with Gasteiger partial charge in [-0.2, -0.15) is 0 Å². The van der Waals surface area contributed by atoms with Crippen LogP contribution in [-0.2, 0) is 9.59 Å². The molecule has 80 valence electrons. The van der Waals surface area contributed by atoms with Crippen LogP contribution in [0.1, 0.15) is 13.8 Å². The number of nitrogens with one attached hydrogen (secondary N) is 2. The summed E-state index contributed by atoms with van der Waals surface area (Å²) in [6.45, 7) is 4.32. The van der Waals surface area contributed by atoms with Gasteiger partial charge in [0.25, 0.3) is 0 Å². The number of amides is 1. The summed E-state index contributed by atoms with van der Waals surface area (Å²) >= 11 is 0. The van der Waals surface area contributed by atoms with Gasteiger partial charge in [0.15, 0.2) is 0 Å². The second kappa shape index (κ2) is 7.08. The SMILES string of the molecule is CC(C)NC(=O)CNC/C=C/C(=O)O. The van der Waals surface area contributed by atoms with Crippen molar-refractivity contribution in [3.8, 4) is 0 Å². The average Bonchev–Trinajstić information content (AvgIpc) is 2.01. The van der Waals surface area contributed by atoms with Crippen molar-refractivity contribution in [2.45, 2.75) is 19.9 Å². The second-order valence-electron chi connectivity index (χ2n) is 3.09. The molecule has 5 heteroatoms. The van der Waals surface area contributed by atoms with Crippen molar-refractivity contribution in [3.05, 3.63) is 12.2 Å². The largest absolute Gasteiger partial charge is 0.478 e. The van der Waals surface area contributed by atoms with Crippen molar-refractivity contribution >= 4 is 11.9 Å². The molecule has 0 aromatic carbocycles. The first-order valence-electron chi connectivity index (χ1n) is 4.42. The smallest absolute Gasteiger partial charge is 0.328 e. The van der Waals surface area contributed by atoms with Crippen LogP contribution in [0.3, 0.4) is 0 Å². The fraction of sp³-hybridized carbons (Fsp3) is 0.556. The second-order valence-corrected chi connectivity index (χ2v) is 3.09. The molecule has 0 fully saturated rings. The number of aliphatic carboxylic acids is 1. The predicted octanol–water partition coefficient (Wildman–Crippen LogP) is -0.259.